The van der Waals surface area contributed by atoms with Gasteiger partial charge in [0, 0.05) is 19.7 Å². The average molecular weight is 392 g/mol. The second kappa shape index (κ2) is 7.87. The molecule has 7 nitrogen and oxygen atoms in total. The van der Waals surface area contributed by atoms with E-state index in [1.54, 1.807) is 24.3 Å². The molecule has 0 saturated carbocycles. The Balaban J connectivity index is 2.03. The van der Waals surface area contributed by atoms with Crippen LogP contribution in [0.2, 0.25) is 0 Å². The molecule has 0 radical (unpaired) electrons. The van der Waals surface area contributed by atoms with Gasteiger partial charge in [-0.3, -0.25) is 23.9 Å². The van der Waals surface area contributed by atoms with E-state index in [1.165, 1.54) is 23.4 Å². The quantitative estimate of drug-likeness (QED) is 0.740. The number of aromatic nitrogens is 2. The number of rotatable bonds is 4. The lowest BCUT2D eigenvalue weighted by Crippen LogP contribution is -2.36. The first-order valence-corrected chi connectivity index (χ1v) is 9.30. The van der Waals surface area contributed by atoms with Gasteiger partial charge in [-0.2, -0.15) is 0 Å². The largest absolute Gasteiger partial charge is 0.324 e. The van der Waals surface area contributed by atoms with E-state index in [1.807, 2.05) is 32.9 Å². The molecule has 0 spiro atoms. The minimum absolute atomic E-state index is 0.00769. The predicted octanol–water partition coefficient (Wildman–Crippen LogP) is 2.94. The van der Waals surface area contributed by atoms with Crippen LogP contribution in [0, 0.1) is 20.8 Å². The second-order valence-corrected chi connectivity index (χ2v) is 7.22. The van der Waals surface area contributed by atoms with Gasteiger partial charge in [0.2, 0.25) is 17.6 Å². The lowest BCUT2D eigenvalue weighted by atomic mass is 10.1. The van der Waals surface area contributed by atoms with E-state index < -0.39 is 5.56 Å². The Kier molecular flexibility index (Phi) is 5.50. The molecule has 1 heterocycles. The van der Waals surface area contributed by atoms with Crippen LogP contribution in [-0.4, -0.2) is 28.4 Å². The molecular weight excluding hydrogens is 368 g/mol. The van der Waals surface area contributed by atoms with Crippen LogP contribution in [0.5, 0.6) is 0 Å². The van der Waals surface area contributed by atoms with E-state index in [2.05, 4.69) is 10.3 Å². The molecule has 0 fully saturated rings. The molecule has 0 saturated heterocycles. The third-order valence-corrected chi connectivity index (χ3v) is 4.87. The second-order valence-electron chi connectivity index (χ2n) is 7.22. The standard InChI is InChI=1S/C22H24N4O3/c1-13-10-14(2)20(15(3)11-13)24-19(28)12-26-18-9-7-6-8-17(18)23-21(22(26)29)25(5)16(4)27/h6-11H,12H2,1-5H3,(H,24,28). The number of anilines is 2. The summed E-state index contributed by atoms with van der Waals surface area (Å²) in [6, 6.07) is 11.0. The topological polar surface area (TPSA) is 84.3 Å². The summed E-state index contributed by atoms with van der Waals surface area (Å²) in [5.74, 6) is -0.645. The highest BCUT2D eigenvalue weighted by Crippen LogP contribution is 2.22. The molecule has 2 aromatic carbocycles. The number of hydrogen-bond acceptors (Lipinski definition) is 4. The van der Waals surface area contributed by atoms with E-state index in [0.29, 0.717) is 11.0 Å². The first-order chi connectivity index (χ1) is 13.7. The Labute approximate surface area is 169 Å². The number of amides is 2. The van der Waals surface area contributed by atoms with E-state index in [0.717, 1.165) is 22.4 Å². The van der Waals surface area contributed by atoms with Crippen LogP contribution >= 0.6 is 0 Å². The molecule has 0 bridgehead atoms. The van der Waals surface area contributed by atoms with Crippen molar-refractivity contribution in [1.29, 1.82) is 0 Å². The Bertz CT molecular complexity index is 1160. The minimum atomic E-state index is -0.492. The van der Waals surface area contributed by atoms with Crippen LogP contribution in [0.3, 0.4) is 0 Å². The molecule has 0 aliphatic carbocycles. The normalized spacial score (nSPS) is 10.8. The number of nitrogens with one attached hydrogen (secondary N) is 1. The maximum atomic E-state index is 13.0. The molecule has 29 heavy (non-hydrogen) atoms. The van der Waals surface area contributed by atoms with Crippen LogP contribution in [-0.2, 0) is 16.1 Å². The minimum Gasteiger partial charge on any atom is -0.324 e. The Morgan fingerprint density at radius 1 is 1.10 bits per heavy atom. The van der Waals surface area contributed by atoms with Crippen LogP contribution in [0.25, 0.3) is 11.0 Å². The lowest BCUT2D eigenvalue weighted by molar-refractivity contribution is -0.117. The van der Waals surface area contributed by atoms with Gasteiger partial charge in [0.1, 0.15) is 6.54 Å². The zero-order chi connectivity index (χ0) is 21.3. The molecule has 7 heteroatoms. The van der Waals surface area contributed by atoms with Crippen molar-refractivity contribution in [3.8, 4) is 0 Å². The molecule has 3 rings (SSSR count). The van der Waals surface area contributed by atoms with Gasteiger partial charge in [-0.05, 0) is 44.0 Å². The number of carbonyl (C=O) groups is 2. The molecule has 2 amide bonds. The van der Waals surface area contributed by atoms with E-state index >= 15 is 0 Å². The van der Waals surface area contributed by atoms with Crippen LogP contribution in [0.4, 0.5) is 11.5 Å². The fraction of sp³-hybridized carbons (Fsp3) is 0.273. The summed E-state index contributed by atoms with van der Waals surface area (Å²) in [4.78, 5) is 43.1. The van der Waals surface area contributed by atoms with Crippen molar-refractivity contribution in [3.63, 3.8) is 0 Å². The summed E-state index contributed by atoms with van der Waals surface area (Å²) in [6.07, 6.45) is 0. The highest BCUT2D eigenvalue weighted by atomic mass is 16.2. The van der Waals surface area contributed by atoms with Gasteiger partial charge in [-0.25, -0.2) is 4.98 Å². The van der Waals surface area contributed by atoms with Crippen molar-refractivity contribution in [3.05, 3.63) is 63.4 Å². The fourth-order valence-electron chi connectivity index (χ4n) is 3.40. The molecule has 1 N–H and O–H groups in total. The number of fused-ring (bicyclic) bond motifs is 1. The number of para-hydroxylation sites is 2. The molecule has 1 aromatic heterocycles. The van der Waals surface area contributed by atoms with Crippen molar-refractivity contribution < 1.29 is 9.59 Å². The summed E-state index contributed by atoms with van der Waals surface area (Å²) in [6.45, 7) is 7.04. The van der Waals surface area contributed by atoms with Gasteiger partial charge in [-0.15, -0.1) is 0 Å². The van der Waals surface area contributed by atoms with Gasteiger partial charge in [0.25, 0.3) is 5.56 Å². The third-order valence-electron chi connectivity index (χ3n) is 4.87. The molecule has 0 atom stereocenters. The van der Waals surface area contributed by atoms with E-state index in [9.17, 15) is 14.4 Å². The van der Waals surface area contributed by atoms with Crippen LogP contribution in [0.1, 0.15) is 23.6 Å². The van der Waals surface area contributed by atoms with Crippen molar-refractivity contribution in [2.45, 2.75) is 34.2 Å². The van der Waals surface area contributed by atoms with Crippen LogP contribution < -0.4 is 15.8 Å². The summed E-state index contributed by atoms with van der Waals surface area (Å²) in [5.41, 5.74) is 4.35. The van der Waals surface area contributed by atoms with Crippen molar-refractivity contribution >= 4 is 34.4 Å². The summed E-state index contributed by atoms with van der Waals surface area (Å²) < 4.78 is 1.35. The maximum absolute atomic E-state index is 13.0. The number of benzene rings is 2. The monoisotopic (exact) mass is 392 g/mol. The Morgan fingerprint density at radius 2 is 1.72 bits per heavy atom. The number of aryl methyl sites for hydroxylation is 3. The Hall–Kier alpha value is -3.48. The summed E-state index contributed by atoms with van der Waals surface area (Å²) in [7, 11) is 1.49. The Morgan fingerprint density at radius 3 is 2.34 bits per heavy atom. The third kappa shape index (κ3) is 4.03. The van der Waals surface area contributed by atoms with Gasteiger partial charge in [0.05, 0.1) is 11.0 Å². The van der Waals surface area contributed by atoms with Gasteiger partial charge in [0.15, 0.2) is 0 Å². The van der Waals surface area contributed by atoms with E-state index in [-0.39, 0.29) is 24.2 Å². The zero-order valence-corrected chi connectivity index (χ0v) is 17.2. The number of nitrogens with zero attached hydrogens (tertiary/aromatic N) is 3. The first-order valence-electron chi connectivity index (χ1n) is 9.30. The van der Waals surface area contributed by atoms with Crippen molar-refractivity contribution in [2.24, 2.45) is 0 Å². The fourth-order valence-corrected chi connectivity index (χ4v) is 3.40. The number of hydrogen-bond donors (Lipinski definition) is 1. The van der Waals surface area contributed by atoms with Crippen molar-refractivity contribution in [1.82, 2.24) is 9.55 Å². The van der Waals surface area contributed by atoms with Gasteiger partial charge >= 0.3 is 0 Å². The molecular formula is C22H24N4O3. The zero-order valence-electron chi connectivity index (χ0n) is 17.2. The SMILES string of the molecule is CC(=O)N(C)c1nc2ccccc2n(CC(=O)Nc2c(C)cc(C)cc2C)c1=O. The summed E-state index contributed by atoms with van der Waals surface area (Å²) in [5, 5.41) is 2.92. The predicted molar refractivity (Wildman–Crippen MR) is 114 cm³/mol. The number of carbonyl (C=O) groups excluding carboxylic acids is 2. The van der Waals surface area contributed by atoms with Gasteiger partial charge in [-0.1, -0.05) is 29.8 Å². The molecule has 150 valence electrons. The molecule has 0 unspecified atom stereocenters. The van der Waals surface area contributed by atoms with E-state index in [4.69, 9.17) is 0 Å². The molecule has 3 aromatic rings. The maximum Gasteiger partial charge on any atom is 0.294 e. The highest BCUT2D eigenvalue weighted by Gasteiger charge is 2.19. The van der Waals surface area contributed by atoms with Crippen LogP contribution in [0.15, 0.2) is 41.2 Å². The molecule has 0 aliphatic heterocycles. The lowest BCUT2D eigenvalue weighted by Gasteiger charge is -2.18. The summed E-state index contributed by atoms with van der Waals surface area (Å²) >= 11 is 0. The smallest absolute Gasteiger partial charge is 0.294 e. The highest BCUT2D eigenvalue weighted by molar-refractivity contribution is 5.94. The van der Waals surface area contributed by atoms with Gasteiger partial charge < -0.3 is 5.32 Å². The molecule has 0 aliphatic rings. The first kappa shape index (κ1) is 20.3. The van der Waals surface area contributed by atoms with Crippen molar-refractivity contribution in [2.75, 3.05) is 17.3 Å². The average Bonchev–Trinajstić information content (AvgIpc) is 2.66.